The molecule has 6 heterocycles. The fraction of sp³-hybridized carbons (Fsp3) is 0.538. The number of nitrogens with zero attached hydrogens (tertiary/aromatic N) is 9. The first kappa shape index (κ1) is 50.5. The number of piperidine rings is 2. The monoisotopic (exact) mass is 945 g/mol. The van der Waals surface area contributed by atoms with Gasteiger partial charge in [0.1, 0.15) is 34.6 Å². The van der Waals surface area contributed by atoms with E-state index in [9.17, 15) is 19.6 Å². The molecule has 17 nitrogen and oxygen atoms in total. The van der Waals surface area contributed by atoms with Crippen LogP contribution in [0.15, 0.2) is 60.9 Å². The van der Waals surface area contributed by atoms with Gasteiger partial charge in [0.2, 0.25) is 0 Å². The zero-order valence-electron chi connectivity index (χ0n) is 41.1. The van der Waals surface area contributed by atoms with E-state index in [2.05, 4.69) is 74.4 Å². The number of primary amides is 1. The molecule has 2 aromatic carbocycles. The summed E-state index contributed by atoms with van der Waals surface area (Å²) >= 11 is 0. The van der Waals surface area contributed by atoms with Gasteiger partial charge in [-0.3, -0.25) is 4.79 Å². The van der Waals surface area contributed by atoms with Gasteiger partial charge < -0.3 is 44.3 Å². The molecule has 4 fully saturated rings. The summed E-state index contributed by atoms with van der Waals surface area (Å²) in [5.74, 6) is 1.78. The highest BCUT2D eigenvalue weighted by Crippen LogP contribution is 2.31. The summed E-state index contributed by atoms with van der Waals surface area (Å²) in [6.07, 6.45) is 7.50. The van der Waals surface area contributed by atoms with Crippen molar-refractivity contribution < 1.29 is 33.3 Å². The number of carbonyl (C=O) groups is 3. The van der Waals surface area contributed by atoms with Crippen molar-refractivity contribution in [1.82, 2.24) is 29.7 Å². The van der Waals surface area contributed by atoms with E-state index in [-0.39, 0.29) is 17.9 Å². The highest BCUT2D eigenvalue weighted by atomic mass is 16.6. The molecule has 4 aliphatic rings. The molecule has 4 aromatic rings. The first-order valence-corrected chi connectivity index (χ1v) is 24.2. The van der Waals surface area contributed by atoms with Gasteiger partial charge >= 0.3 is 12.2 Å². The van der Waals surface area contributed by atoms with E-state index in [1.165, 1.54) is 11.1 Å². The number of carbonyl (C=O) groups excluding carboxylic acids is 3. The van der Waals surface area contributed by atoms with Crippen molar-refractivity contribution in [3.63, 3.8) is 0 Å². The van der Waals surface area contributed by atoms with Crippen molar-refractivity contribution in [2.75, 3.05) is 88.6 Å². The van der Waals surface area contributed by atoms with Crippen LogP contribution in [0.2, 0.25) is 0 Å². The maximum Gasteiger partial charge on any atom is 0.410 e. The van der Waals surface area contributed by atoms with E-state index < -0.39 is 17.1 Å². The van der Waals surface area contributed by atoms with Gasteiger partial charge in [-0.25, -0.2) is 29.5 Å². The van der Waals surface area contributed by atoms with Gasteiger partial charge in [-0.2, -0.15) is 5.26 Å². The summed E-state index contributed by atoms with van der Waals surface area (Å²) in [5.41, 5.74) is 11.1. The second-order valence-electron chi connectivity index (χ2n) is 20.0. The van der Waals surface area contributed by atoms with E-state index >= 15 is 0 Å². The van der Waals surface area contributed by atoms with Crippen LogP contribution in [0.4, 0.5) is 21.2 Å². The first-order valence-electron chi connectivity index (χ1n) is 24.2. The van der Waals surface area contributed by atoms with Gasteiger partial charge in [-0.15, -0.1) is 0 Å². The quantitative estimate of drug-likeness (QED) is 0.180. The molecule has 0 aliphatic carbocycles. The van der Waals surface area contributed by atoms with Crippen LogP contribution in [0.3, 0.4) is 0 Å². The lowest BCUT2D eigenvalue weighted by Crippen LogP contribution is -2.41. The van der Waals surface area contributed by atoms with Crippen LogP contribution in [0.1, 0.15) is 129 Å². The SMILES string of the molecule is CC(C)(C)OC(=O)N1CCC(c2ccc(Cc3nc(N4CCOCC4)cnc3C#N)cc2)CC1.CC(C)(C)OC(=O)N1CCC(c2ccc(Cc3nc(N4CCOCC4)cnc3C(N)=O)cc2)CC1. The molecule has 0 spiro atoms. The summed E-state index contributed by atoms with van der Waals surface area (Å²) in [4.78, 5) is 62.6. The largest absolute Gasteiger partial charge is 0.444 e. The zero-order chi connectivity index (χ0) is 49.1. The van der Waals surface area contributed by atoms with Crippen LogP contribution in [0, 0.1) is 11.3 Å². The number of anilines is 2. The number of ether oxygens (including phenoxy) is 4. The van der Waals surface area contributed by atoms with Crippen molar-refractivity contribution in [3.05, 3.63) is 106 Å². The van der Waals surface area contributed by atoms with Crippen LogP contribution in [0.25, 0.3) is 0 Å². The standard InChI is InChI=1S/C26H35N5O4.C26H33N5O3/c1-26(2,3)35-25(33)31-10-8-20(9-11-31)19-6-4-18(5-7-19)16-21-23(24(27)32)28-17-22(29-21)30-12-14-34-15-13-30;1-26(2,3)34-25(32)31-10-8-21(9-11-31)20-6-4-19(5-7-20)16-22-23(17-27)28-18-24(29-22)30-12-14-33-15-13-30/h4-7,17,20H,8-16H2,1-3H3,(H2,27,32);4-7,18,21H,8-16H2,1-3H3. The van der Waals surface area contributed by atoms with E-state index in [1.54, 1.807) is 22.2 Å². The number of nitriles is 1. The molecule has 3 amide bonds. The van der Waals surface area contributed by atoms with Crippen LogP contribution in [-0.2, 0) is 31.8 Å². The van der Waals surface area contributed by atoms with Crippen molar-refractivity contribution in [3.8, 4) is 6.07 Å². The molecule has 2 aromatic heterocycles. The predicted molar refractivity (Wildman–Crippen MR) is 261 cm³/mol. The highest BCUT2D eigenvalue weighted by Gasteiger charge is 2.29. The average molecular weight is 945 g/mol. The Morgan fingerprint density at radius 2 is 1.01 bits per heavy atom. The molecule has 4 aliphatic heterocycles. The minimum Gasteiger partial charge on any atom is -0.444 e. The summed E-state index contributed by atoms with van der Waals surface area (Å²) in [5, 5.41) is 9.51. The molecule has 0 atom stereocenters. The topological polar surface area (TPSA) is 202 Å². The Morgan fingerprint density at radius 3 is 1.41 bits per heavy atom. The molecular formula is C52H68N10O7. The number of likely N-dealkylation sites (tertiary alicyclic amines) is 2. The lowest BCUT2D eigenvalue weighted by atomic mass is 9.89. The number of aromatic nitrogens is 4. The Hall–Kier alpha value is -6.38. The molecule has 8 rings (SSSR count). The molecular weight excluding hydrogens is 877 g/mol. The second-order valence-corrected chi connectivity index (χ2v) is 20.0. The molecule has 4 saturated heterocycles. The number of amides is 3. The van der Waals surface area contributed by atoms with Crippen molar-refractivity contribution in [2.45, 2.75) is 103 Å². The molecule has 0 saturated carbocycles. The fourth-order valence-corrected chi connectivity index (χ4v) is 8.91. The maximum absolute atomic E-state index is 12.3. The molecule has 0 unspecified atom stereocenters. The molecule has 69 heavy (non-hydrogen) atoms. The van der Waals surface area contributed by atoms with Crippen LogP contribution in [-0.4, -0.2) is 138 Å². The zero-order valence-corrected chi connectivity index (χ0v) is 41.1. The van der Waals surface area contributed by atoms with Gasteiger partial charge in [0, 0.05) is 65.2 Å². The highest BCUT2D eigenvalue weighted by molar-refractivity contribution is 5.92. The van der Waals surface area contributed by atoms with E-state index in [0.717, 1.165) is 74.6 Å². The first-order chi connectivity index (χ1) is 33.0. The molecule has 2 N–H and O–H groups in total. The van der Waals surface area contributed by atoms with E-state index in [1.807, 2.05) is 41.5 Å². The third-order valence-corrected chi connectivity index (χ3v) is 12.6. The van der Waals surface area contributed by atoms with Gasteiger partial charge in [-0.1, -0.05) is 48.5 Å². The summed E-state index contributed by atoms with van der Waals surface area (Å²) in [6, 6.07) is 19.1. The minimum atomic E-state index is -0.575. The van der Waals surface area contributed by atoms with Gasteiger partial charge in [0.25, 0.3) is 5.91 Å². The number of hydrogen-bond acceptors (Lipinski definition) is 14. The molecule has 0 bridgehead atoms. The normalized spacial score (nSPS) is 17.3. The lowest BCUT2D eigenvalue weighted by Gasteiger charge is -2.33. The van der Waals surface area contributed by atoms with Gasteiger partial charge in [0.15, 0.2) is 5.69 Å². The van der Waals surface area contributed by atoms with Crippen molar-refractivity contribution >= 4 is 29.7 Å². The summed E-state index contributed by atoms with van der Waals surface area (Å²) in [7, 11) is 0. The van der Waals surface area contributed by atoms with E-state index in [4.69, 9.17) is 34.6 Å². The van der Waals surface area contributed by atoms with E-state index in [0.29, 0.717) is 94.4 Å². The number of hydrogen-bond donors (Lipinski definition) is 1. The predicted octanol–water partition coefficient (Wildman–Crippen LogP) is 7.01. The van der Waals surface area contributed by atoms with Gasteiger partial charge in [0.05, 0.1) is 50.2 Å². The third kappa shape index (κ3) is 14.3. The number of rotatable bonds is 9. The Labute approximate surface area is 406 Å². The smallest absolute Gasteiger partial charge is 0.410 e. The van der Waals surface area contributed by atoms with Crippen molar-refractivity contribution in [2.24, 2.45) is 5.73 Å². The number of nitrogens with two attached hydrogens (primary N) is 1. The van der Waals surface area contributed by atoms with Crippen LogP contribution >= 0.6 is 0 Å². The third-order valence-electron chi connectivity index (χ3n) is 12.6. The molecule has 368 valence electrons. The Balaban J connectivity index is 0.000000204. The Kier molecular flexibility index (Phi) is 16.7. The molecule has 17 heteroatoms. The maximum atomic E-state index is 12.3. The average Bonchev–Trinajstić information content (AvgIpc) is 3.34. The fourth-order valence-electron chi connectivity index (χ4n) is 8.91. The summed E-state index contributed by atoms with van der Waals surface area (Å²) < 4.78 is 21.8. The second kappa shape index (κ2) is 22.8. The van der Waals surface area contributed by atoms with Gasteiger partial charge in [-0.05, 0) is 101 Å². The number of morpholine rings is 2. The molecule has 0 radical (unpaired) electrons. The lowest BCUT2D eigenvalue weighted by molar-refractivity contribution is 0.0194. The number of benzene rings is 2. The minimum absolute atomic E-state index is 0.209. The van der Waals surface area contributed by atoms with Crippen LogP contribution < -0.4 is 15.5 Å². The Bertz CT molecular complexity index is 2400. The Morgan fingerprint density at radius 1 is 0.623 bits per heavy atom. The van der Waals surface area contributed by atoms with Crippen molar-refractivity contribution in [1.29, 1.82) is 5.26 Å². The summed E-state index contributed by atoms with van der Waals surface area (Å²) in [6.45, 7) is 19.8. The van der Waals surface area contributed by atoms with Crippen LogP contribution in [0.5, 0.6) is 0 Å².